The maximum atomic E-state index is 13.6. The number of carbonyl (C=O) groups excluding carboxylic acids is 2. The van der Waals surface area contributed by atoms with E-state index >= 15 is 0 Å². The summed E-state index contributed by atoms with van der Waals surface area (Å²) in [6.45, 7) is 0.705. The highest BCUT2D eigenvalue weighted by Crippen LogP contribution is 2.31. The Hall–Kier alpha value is -3.34. The predicted octanol–water partition coefficient (Wildman–Crippen LogP) is 5.15. The number of rotatable bonds is 15. The average molecular weight is 533 g/mol. The van der Waals surface area contributed by atoms with Crippen LogP contribution in [0.1, 0.15) is 44.1 Å². The lowest BCUT2D eigenvalue weighted by Crippen LogP contribution is -2.17. The Morgan fingerprint density at radius 2 is 1.84 bits per heavy atom. The minimum absolute atomic E-state index is 0.0138. The molecular formula is C26H30ClFN4O5. The van der Waals surface area contributed by atoms with Gasteiger partial charge in [0.25, 0.3) is 0 Å². The van der Waals surface area contributed by atoms with E-state index in [-0.39, 0.29) is 23.6 Å². The van der Waals surface area contributed by atoms with Crippen molar-refractivity contribution in [3.63, 3.8) is 0 Å². The minimum atomic E-state index is -0.519. The minimum Gasteiger partial charge on any atom is -0.491 e. The van der Waals surface area contributed by atoms with Gasteiger partial charge in [0.1, 0.15) is 36.1 Å². The quantitative estimate of drug-likeness (QED) is 0.139. The van der Waals surface area contributed by atoms with Crippen LogP contribution >= 0.6 is 11.6 Å². The first-order chi connectivity index (χ1) is 17.9. The molecule has 3 aromatic rings. The third kappa shape index (κ3) is 8.63. The number of ketones is 1. The molecule has 0 radical (unpaired) electrons. The Morgan fingerprint density at radius 1 is 1.05 bits per heavy atom. The second-order valence-electron chi connectivity index (χ2n) is 8.46. The van der Waals surface area contributed by atoms with Gasteiger partial charge in [0.15, 0.2) is 0 Å². The van der Waals surface area contributed by atoms with Crippen molar-refractivity contribution in [2.75, 3.05) is 25.6 Å². The van der Waals surface area contributed by atoms with E-state index in [9.17, 15) is 14.0 Å². The standard InChI is InChI=1S/C26H30ClFN4O5/c1-36-10-11-37-24-15-23-20(26(30-16-29-23)31-18-8-9-22(28)21(27)14-18)13-17(24)12-19(33)6-4-2-3-5-7-25(34)32-35/h8-9,13-16,35H,2-7,10-12H2,1H3,(H,32,34)(H,29,30,31). The summed E-state index contributed by atoms with van der Waals surface area (Å²) in [5, 5.41) is 12.3. The highest BCUT2D eigenvalue weighted by molar-refractivity contribution is 6.31. The Balaban J connectivity index is 1.75. The van der Waals surface area contributed by atoms with Gasteiger partial charge in [-0.15, -0.1) is 0 Å². The van der Waals surface area contributed by atoms with E-state index in [2.05, 4.69) is 15.3 Å². The molecule has 3 rings (SSSR count). The summed E-state index contributed by atoms with van der Waals surface area (Å²) in [6.07, 6.45) is 5.18. The van der Waals surface area contributed by atoms with Gasteiger partial charge < -0.3 is 14.8 Å². The molecule has 198 valence electrons. The van der Waals surface area contributed by atoms with E-state index < -0.39 is 11.7 Å². The molecule has 11 heteroatoms. The lowest BCUT2D eigenvalue weighted by molar-refractivity contribution is -0.129. The van der Waals surface area contributed by atoms with Gasteiger partial charge in [-0.25, -0.2) is 19.8 Å². The first-order valence-corrected chi connectivity index (χ1v) is 12.3. The summed E-state index contributed by atoms with van der Waals surface area (Å²) < 4.78 is 24.5. The molecular weight excluding hydrogens is 503 g/mol. The van der Waals surface area contributed by atoms with Crippen LogP contribution in [0, 0.1) is 5.82 Å². The smallest absolute Gasteiger partial charge is 0.243 e. The fourth-order valence-electron chi connectivity index (χ4n) is 3.76. The van der Waals surface area contributed by atoms with Crippen molar-refractivity contribution in [3.05, 3.63) is 53.1 Å². The number of hydrogen-bond donors (Lipinski definition) is 3. The topological polar surface area (TPSA) is 123 Å². The van der Waals surface area contributed by atoms with Crippen LogP contribution in [0.2, 0.25) is 5.02 Å². The summed E-state index contributed by atoms with van der Waals surface area (Å²) in [6, 6.07) is 7.88. The van der Waals surface area contributed by atoms with Crippen molar-refractivity contribution >= 4 is 45.7 Å². The van der Waals surface area contributed by atoms with Gasteiger partial charge in [0.05, 0.1) is 17.1 Å². The number of hydroxylamine groups is 1. The normalized spacial score (nSPS) is 10.9. The fraction of sp³-hybridized carbons (Fsp3) is 0.385. The number of unbranched alkanes of at least 4 members (excludes halogenated alkanes) is 3. The molecule has 1 amide bonds. The molecule has 0 bridgehead atoms. The zero-order valence-electron chi connectivity index (χ0n) is 20.6. The van der Waals surface area contributed by atoms with Crippen LogP contribution in [0.3, 0.4) is 0 Å². The third-order valence-electron chi connectivity index (χ3n) is 5.67. The lowest BCUT2D eigenvalue weighted by atomic mass is 10.0. The Morgan fingerprint density at radius 3 is 2.57 bits per heavy atom. The number of hydrogen-bond acceptors (Lipinski definition) is 8. The zero-order valence-corrected chi connectivity index (χ0v) is 21.3. The molecule has 0 atom stereocenters. The molecule has 1 heterocycles. The van der Waals surface area contributed by atoms with Crippen molar-refractivity contribution in [1.29, 1.82) is 0 Å². The highest BCUT2D eigenvalue weighted by Gasteiger charge is 2.15. The van der Waals surface area contributed by atoms with E-state index in [1.54, 1.807) is 24.7 Å². The number of methoxy groups -OCH3 is 1. The van der Waals surface area contributed by atoms with Crippen LogP contribution in [0.4, 0.5) is 15.9 Å². The number of nitrogens with zero attached hydrogens (tertiary/aromatic N) is 2. The first kappa shape index (κ1) is 28.2. The largest absolute Gasteiger partial charge is 0.491 e. The molecule has 2 aromatic carbocycles. The van der Waals surface area contributed by atoms with Crippen LogP contribution in [-0.4, -0.2) is 47.2 Å². The number of ether oxygens (including phenoxy) is 2. The van der Waals surface area contributed by atoms with E-state index in [0.717, 1.165) is 12.8 Å². The zero-order chi connectivity index (χ0) is 26.6. The number of halogens is 2. The van der Waals surface area contributed by atoms with E-state index in [0.29, 0.717) is 66.2 Å². The number of aromatic nitrogens is 2. The molecule has 0 saturated heterocycles. The monoisotopic (exact) mass is 532 g/mol. The Bertz CT molecular complexity index is 1230. The van der Waals surface area contributed by atoms with Crippen molar-refractivity contribution < 1.29 is 28.7 Å². The fourth-order valence-corrected chi connectivity index (χ4v) is 3.94. The number of amides is 1. The molecule has 3 N–H and O–H groups in total. The van der Waals surface area contributed by atoms with Crippen molar-refractivity contribution in [2.45, 2.75) is 44.9 Å². The van der Waals surface area contributed by atoms with Crippen LogP contribution in [0.15, 0.2) is 36.7 Å². The molecule has 0 spiro atoms. The number of carbonyl (C=O) groups is 2. The van der Waals surface area contributed by atoms with E-state index in [1.165, 1.54) is 18.5 Å². The van der Waals surface area contributed by atoms with Gasteiger partial charge >= 0.3 is 0 Å². The summed E-state index contributed by atoms with van der Waals surface area (Å²) in [4.78, 5) is 32.5. The molecule has 0 saturated carbocycles. The highest BCUT2D eigenvalue weighted by atomic mass is 35.5. The predicted molar refractivity (Wildman–Crippen MR) is 138 cm³/mol. The molecule has 0 aliphatic carbocycles. The maximum Gasteiger partial charge on any atom is 0.243 e. The SMILES string of the molecule is COCCOc1cc2ncnc(Nc3ccc(F)c(Cl)c3)c2cc1CC(=O)CCCCCCC(=O)NO. The van der Waals surface area contributed by atoms with Gasteiger partial charge in [-0.1, -0.05) is 24.4 Å². The number of Topliss-reactive ketones (excluding diaryl/α,β-unsaturated/α-hetero) is 1. The second-order valence-corrected chi connectivity index (χ2v) is 8.87. The summed E-state index contributed by atoms with van der Waals surface area (Å²) in [5.74, 6) is 0.155. The van der Waals surface area contributed by atoms with Crippen molar-refractivity contribution in [1.82, 2.24) is 15.4 Å². The van der Waals surface area contributed by atoms with Crippen LogP contribution in [0.5, 0.6) is 5.75 Å². The van der Waals surface area contributed by atoms with Crippen LogP contribution < -0.4 is 15.5 Å². The van der Waals surface area contributed by atoms with Gasteiger partial charge in [0.2, 0.25) is 5.91 Å². The molecule has 0 unspecified atom stereocenters. The Labute approximate surface area is 219 Å². The second kappa shape index (κ2) is 14.4. The van der Waals surface area contributed by atoms with E-state index in [1.807, 2.05) is 6.07 Å². The molecule has 0 aliphatic heterocycles. The van der Waals surface area contributed by atoms with Gasteiger partial charge in [-0.2, -0.15) is 0 Å². The molecule has 1 aromatic heterocycles. The van der Waals surface area contributed by atoms with Gasteiger partial charge in [-0.05, 0) is 37.1 Å². The van der Waals surface area contributed by atoms with Gasteiger partial charge in [-0.3, -0.25) is 14.8 Å². The van der Waals surface area contributed by atoms with Crippen molar-refractivity contribution in [2.24, 2.45) is 0 Å². The number of anilines is 2. The van der Waals surface area contributed by atoms with Crippen molar-refractivity contribution in [3.8, 4) is 5.75 Å². The maximum absolute atomic E-state index is 13.6. The number of nitrogens with one attached hydrogen (secondary N) is 2. The van der Waals surface area contributed by atoms with Gasteiger partial charge in [0, 0.05) is 49.1 Å². The van der Waals surface area contributed by atoms with Crippen LogP contribution in [0.25, 0.3) is 10.9 Å². The summed E-state index contributed by atoms with van der Waals surface area (Å²) in [5.41, 5.74) is 3.48. The molecule has 0 fully saturated rings. The average Bonchev–Trinajstić information content (AvgIpc) is 2.88. The summed E-state index contributed by atoms with van der Waals surface area (Å²) >= 11 is 5.91. The van der Waals surface area contributed by atoms with Crippen LogP contribution in [-0.2, 0) is 20.7 Å². The van der Waals surface area contributed by atoms with E-state index in [4.69, 9.17) is 26.3 Å². The molecule has 9 nitrogen and oxygen atoms in total. The molecule has 37 heavy (non-hydrogen) atoms. The third-order valence-corrected chi connectivity index (χ3v) is 5.96. The number of benzene rings is 2. The number of fused-ring (bicyclic) bond motifs is 1. The lowest BCUT2D eigenvalue weighted by Gasteiger charge is -2.15. The summed E-state index contributed by atoms with van der Waals surface area (Å²) in [7, 11) is 1.58. The Kier molecular flexibility index (Phi) is 11.0. The molecule has 0 aliphatic rings. The first-order valence-electron chi connectivity index (χ1n) is 12.0.